The van der Waals surface area contributed by atoms with Crippen LogP contribution in [0.1, 0.15) is 5.56 Å². The Morgan fingerprint density at radius 2 is 1.69 bits per heavy atom. The molecule has 0 nitrogen and oxygen atoms in total. The Hall–Kier alpha value is -1.28. The smallest absolute Gasteiger partial charge is 0.123 e. The fourth-order valence-electron chi connectivity index (χ4n) is 1.67. The first-order chi connectivity index (χ1) is 7.70. The fourth-order valence-corrected chi connectivity index (χ4v) is 2.38. The molecular formula is C14H13FS. The van der Waals surface area contributed by atoms with Gasteiger partial charge in [-0.2, -0.15) is 0 Å². The van der Waals surface area contributed by atoms with E-state index >= 15 is 0 Å². The van der Waals surface area contributed by atoms with Crippen LogP contribution in [0.15, 0.2) is 47.4 Å². The Labute approximate surface area is 99.5 Å². The van der Waals surface area contributed by atoms with Gasteiger partial charge in [-0.15, -0.1) is 11.8 Å². The van der Waals surface area contributed by atoms with Crippen LogP contribution in [0.3, 0.4) is 0 Å². The molecule has 16 heavy (non-hydrogen) atoms. The van der Waals surface area contributed by atoms with Gasteiger partial charge in [0.2, 0.25) is 0 Å². The maximum atomic E-state index is 12.8. The Morgan fingerprint density at radius 3 is 2.31 bits per heavy atom. The highest BCUT2D eigenvalue weighted by atomic mass is 32.2. The van der Waals surface area contributed by atoms with Gasteiger partial charge in [0.1, 0.15) is 5.82 Å². The first kappa shape index (κ1) is 11.2. The zero-order valence-corrected chi connectivity index (χ0v) is 10.1. The first-order valence-electron chi connectivity index (χ1n) is 5.11. The van der Waals surface area contributed by atoms with Crippen LogP contribution in [0.25, 0.3) is 11.1 Å². The maximum Gasteiger partial charge on any atom is 0.123 e. The van der Waals surface area contributed by atoms with E-state index in [0.717, 1.165) is 11.1 Å². The van der Waals surface area contributed by atoms with Gasteiger partial charge in [0.25, 0.3) is 0 Å². The molecule has 0 amide bonds. The highest BCUT2D eigenvalue weighted by molar-refractivity contribution is 7.98. The van der Waals surface area contributed by atoms with Crippen molar-refractivity contribution in [3.8, 4) is 11.1 Å². The van der Waals surface area contributed by atoms with Crippen LogP contribution in [0.5, 0.6) is 0 Å². The summed E-state index contributed by atoms with van der Waals surface area (Å²) in [5.41, 5.74) is 3.47. The highest BCUT2D eigenvalue weighted by Gasteiger charge is 2.04. The lowest BCUT2D eigenvalue weighted by Crippen LogP contribution is -1.84. The molecule has 0 heterocycles. The lowest BCUT2D eigenvalue weighted by molar-refractivity contribution is 0.628. The number of hydrogen-bond acceptors (Lipinski definition) is 1. The summed E-state index contributed by atoms with van der Waals surface area (Å²) in [5.74, 6) is -0.193. The molecule has 0 bridgehead atoms. The molecule has 0 radical (unpaired) electrons. The molecule has 0 spiro atoms. The van der Waals surface area contributed by atoms with Gasteiger partial charge in [-0.05, 0) is 48.1 Å². The molecule has 0 fully saturated rings. The summed E-state index contributed by atoms with van der Waals surface area (Å²) >= 11 is 1.71. The summed E-state index contributed by atoms with van der Waals surface area (Å²) in [6.45, 7) is 2.08. The minimum absolute atomic E-state index is 0.193. The van der Waals surface area contributed by atoms with E-state index in [9.17, 15) is 4.39 Å². The summed E-state index contributed by atoms with van der Waals surface area (Å²) in [6.07, 6.45) is 2.06. The predicted octanol–water partition coefficient (Wildman–Crippen LogP) is 4.52. The van der Waals surface area contributed by atoms with E-state index in [1.165, 1.54) is 22.6 Å². The van der Waals surface area contributed by atoms with Crippen LogP contribution in [-0.4, -0.2) is 6.26 Å². The van der Waals surface area contributed by atoms with E-state index in [1.807, 2.05) is 12.1 Å². The molecule has 0 saturated heterocycles. The maximum absolute atomic E-state index is 12.8. The van der Waals surface area contributed by atoms with E-state index < -0.39 is 0 Å². The van der Waals surface area contributed by atoms with Crippen molar-refractivity contribution in [2.75, 3.05) is 6.26 Å². The van der Waals surface area contributed by atoms with Gasteiger partial charge in [-0.3, -0.25) is 0 Å². The molecule has 0 unspecified atom stereocenters. The van der Waals surface area contributed by atoms with E-state index in [0.29, 0.717) is 0 Å². The van der Waals surface area contributed by atoms with Crippen LogP contribution in [0.2, 0.25) is 0 Å². The minimum Gasteiger partial charge on any atom is -0.207 e. The topological polar surface area (TPSA) is 0 Å². The number of benzene rings is 2. The van der Waals surface area contributed by atoms with Crippen molar-refractivity contribution in [3.63, 3.8) is 0 Å². The third kappa shape index (κ3) is 2.27. The Balaban J connectivity index is 2.51. The van der Waals surface area contributed by atoms with Gasteiger partial charge in [-0.25, -0.2) is 4.39 Å². The van der Waals surface area contributed by atoms with Gasteiger partial charge < -0.3 is 0 Å². The molecule has 2 aromatic carbocycles. The first-order valence-corrected chi connectivity index (χ1v) is 6.34. The average molecular weight is 232 g/mol. The quantitative estimate of drug-likeness (QED) is 0.686. The SMILES string of the molecule is CSc1cc(C)ccc1-c1ccc(F)cc1. The van der Waals surface area contributed by atoms with Crippen molar-refractivity contribution >= 4 is 11.8 Å². The van der Waals surface area contributed by atoms with E-state index in [2.05, 4.69) is 31.4 Å². The van der Waals surface area contributed by atoms with Crippen LogP contribution >= 0.6 is 11.8 Å². The van der Waals surface area contributed by atoms with Crippen LogP contribution in [-0.2, 0) is 0 Å². The Bertz CT molecular complexity index is 489. The second kappa shape index (κ2) is 4.71. The van der Waals surface area contributed by atoms with E-state index in [-0.39, 0.29) is 5.82 Å². The van der Waals surface area contributed by atoms with Crippen molar-refractivity contribution in [2.45, 2.75) is 11.8 Å². The molecule has 0 aromatic heterocycles. The van der Waals surface area contributed by atoms with E-state index in [4.69, 9.17) is 0 Å². The van der Waals surface area contributed by atoms with Crippen molar-refractivity contribution in [1.29, 1.82) is 0 Å². The monoisotopic (exact) mass is 232 g/mol. The molecule has 0 aliphatic rings. The van der Waals surface area contributed by atoms with Gasteiger partial charge in [0.15, 0.2) is 0 Å². The highest BCUT2D eigenvalue weighted by Crippen LogP contribution is 2.30. The third-order valence-corrected chi connectivity index (χ3v) is 3.29. The molecule has 2 heteroatoms. The number of aryl methyl sites for hydroxylation is 1. The minimum atomic E-state index is -0.193. The van der Waals surface area contributed by atoms with Gasteiger partial charge >= 0.3 is 0 Å². The third-order valence-electron chi connectivity index (χ3n) is 2.51. The molecule has 82 valence electrons. The largest absolute Gasteiger partial charge is 0.207 e. The van der Waals surface area contributed by atoms with Gasteiger partial charge in [0, 0.05) is 4.90 Å². The van der Waals surface area contributed by atoms with Crippen molar-refractivity contribution in [2.24, 2.45) is 0 Å². The Kier molecular flexibility index (Phi) is 3.30. The number of rotatable bonds is 2. The molecule has 2 rings (SSSR count). The second-order valence-corrected chi connectivity index (χ2v) is 4.56. The number of halogens is 1. The zero-order chi connectivity index (χ0) is 11.5. The summed E-state index contributed by atoms with van der Waals surface area (Å²) in [4.78, 5) is 1.23. The average Bonchev–Trinajstić information content (AvgIpc) is 2.30. The molecule has 0 aliphatic carbocycles. The van der Waals surface area contributed by atoms with Gasteiger partial charge in [0.05, 0.1) is 0 Å². The standard InChI is InChI=1S/C14H13FS/c1-10-3-8-13(14(9-10)16-2)11-4-6-12(15)7-5-11/h3-9H,1-2H3. The summed E-state index contributed by atoms with van der Waals surface area (Å²) in [6, 6.07) is 13.0. The van der Waals surface area contributed by atoms with Crippen LogP contribution in [0.4, 0.5) is 4.39 Å². The van der Waals surface area contributed by atoms with E-state index in [1.54, 1.807) is 11.8 Å². The fraction of sp³-hybridized carbons (Fsp3) is 0.143. The summed E-state index contributed by atoms with van der Waals surface area (Å²) in [7, 11) is 0. The van der Waals surface area contributed by atoms with Crippen LogP contribution < -0.4 is 0 Å². The molecule has 0 N–H and O–H groups in total. The van der Waals surface area contributed by atoms with Crippen molar-refractivity contribution < 1.29 is 4.39 Å². The van der Waals surface area contributed by atoms with Crippen LogP contribution in [0, 0.1) is 12.7 Å². The normalized spacial score (nSPS) is 10.4. The van der Waals surface area contributed by atoms with Gasteiger partial charge in [-0.1, -0.05) is 24.3 Å². The molecule has 0 atom stereocenters. The summed E-state index contributed by atoms with van der Waals surface area (Å²) in [5, 5.41) is 0. The molecule has 0 saturated carbocycles. The lowest BCUT2D eigenvalue weighted by atomic mass is 10.0. The second-order valence-electron chi connectivity index (χ2n) is 3.71. The zero-order valence-electron chi connectivity index (χ0n) is 9.33. The number of hydrogen-bond donors (Lipinski definition) is 0. The molecule has 2 aromatic rings. The summed E-state index contributed by atoms with van der Waals surface area (Å²) < 4.78 is 12.8. The van der Waals surface area contributed by atoms with Crippen molar-refractivity contribution in [3.05, 3.63) is 53.8 Å². The Morgan fingerprint density at radius 1 is 1.00 bits per heavy atom. The predicted molar refractivity (Wildman–Crippen MR) is 68.4 cm³/mol. The molecular weight excluding hydrogens is 219 g/mol. The van der Waals surface area contributed by atoms with Crippen molar-refractivity contribution in [1.82, 2.24) is 0 Å². The molecule has 0 aliphatic heterocycles. The lowest BCUT2D eigenvalue weighted by Gasteiger charge is -2.08. The number of thioether (sulfide) groups is 1.